The Balaban J connectivity index is 2.28. The Morgan fingerprint density at radius 3 is 2.58 bits per heavy atom. The summed E-state index contributed by atoms with van der Waals surface area (Å²) in [6, 6.07) is 11.4. The van der Waals surface area contributed by atoms with E-state index in [0.717, 1.165) is 22.7 Å². The minimum atomic E-state index is -0.752. The molecule has 2 aromatic rings. The predicted molar refractivity (Wildman–Crippen MR) is 75.7 cm³/mol. The third-order valence-electron chi connectivity index (χ3n) is 3.12. The Labute approximate surface area is 111 Å². The van der Waals surface area contributed by atoms with Crippen molar-refractivity contribution >= 4 is 22.7 Å². The fraction of sp³-hybridized carbons (Fsp3) is 0.267. The van der Waals surface area contributed by atoms with Crippen LogP contribution in [0.5, 0.6) is 0 Å². The number of carbonyl (C=O) groups is 1. The number of nitrogens with zero attached hydrogens (tertiary/aromatic N) is 1. The maximum absolute atomic E-state index is 10.7. The molecule has 0 aliphatic carbocycles. The van der Waals surface area contributed by atoms with Crippen molar-refractivity contribution in [1.82, 2.24) is 0 Å². The van der Waals surface area contributed by atoms with E-state index in [1.807, 2.05) is 42.3 Å². The highest BCUT2D eigenvalue weighted by atomic mass is 16.3. The zero-order valence-electron chi connectivity index (χ0n) is 10.8. The van der Waals surface area contributed by atoms with Crippen LogP contribution in [0.1, 0.15) is 10.4 Å². The van der Waals surface area contributed by atoms with E-state index in [0.29, 0.717) is 12.1 Å². The lowest BCUT2D eigenvalue weighted by Gasteiger charge is -2.22. The molecule has 0 saturated carbocycles. The minimum Gasteiger partial charge on any atom is -0.394 e. The third-order valence-corrected chi connectivity index (χ3v) is 3.12. The number of likely N-dealkylation sites (N-methyl/N-ethyl adjacent to an activating group) is 1. The molecule has 2 aromatic carbocycles. The summed E-state index contributed by atoms with van der Waals surface area (Å²) in [6.07, 6.45) is 0.0787. The minimum absolute atomic E-state index is 0.249. The molecule has 0 radical (unpaired) electrons. The molecule has 0 aliphatic rings. The third kappa shape index (κ3) is 3.10. The summed E-state index contributed by atoms with van der Waals surface area (Å²) in [5, 5.41) is 20.3. The Morgan fingerprint density at radius 1 is 1.21 bits per heavy atom. The van der Waals surface area contributed by atoms with E-state index in [9.17, 15) is 9.90 Å². The molecule has 100 valence electrons. The van der Waals surface area contributed by atoms with Crippen molar-refractivity contribution in [3.63, 3.8) is 0 Å². The molecule has 4 heteroatoms. The van der Waals surface area contributed by atoms with Crippen LogP contribution in [0.3, 0.4) is 0 Å². The van der Waals surface area contributed by atoms with Crippen LogP contribution in [0, 0.1) is 0 Å². The average molecular weight is 259 g/mol. The van der Waals surface area contributed by atoms with E-state index < -0.39 is 6.10 Å². The van der Waals surface area contributed by atoms with Crippen molar-refractivity contribution in [3.8, 4) is 0 Å². The Morgan fingerprint density at radius 2 is 1.89 bits per heavy atom. The van der Waals surface area contributed by atoms with Crippen LogP contribution in [0.2, 0.25) is 0 Å². The highest BCUT2D eigenvalue weighted by molar-refractivity contribution is 5.90. The van der Waals surface area contributed by atoms with E-state index in [1.165, 1.54) is 0 Å². The summed E-state index contributed by atoms with van der Waals surface area (Å²) in [6.45, 7) is 0.120. The van der Waals surface area contributed by atoms with E-state index >= 15 is 0 Å². The van der Waals surface area contributed by atoms with Gasteiger partial charge in [-0.1, -0.05) is 18.2 Å². The maximum Gasteiger partial charge on any atom is 0.150 e. The molecular formula is C15H17NO3. The van der Waals surface area contributed by atoms with Crippen molar-refractivity contribution in [3.05, 3.63) is 42.0 Å². The number of aldehydes is 1. The topological polar surface area (TPSA) is 60.8 Å². The summed E-state index contributed by atoms with van der Waals surface area (Å²) in [5.41, 5.74) is 1.61. The van der Waals surface area contributed by atoms with Crippen LogP contribution in [-0.2, 0) is 0 Å². The number of hydrogen-bond acceptors (Lipinski definition) is 4. The lowest BCUT2D eigenvalue weighted by Crippen LogP contribution is -2.31. The van der Waals surface area contributed by atoms with Gasteiger partial charge in [-0.05, 0) is 29.0 Å². The molecule has 2 N–H and O–H groups in total. The Kier molecular flexibility index (Phi) is 4.14. The number of carbonyl (C=O) groups excluding carboxylic acids is 1. The predicted octanol–water partition coefficient (Wildman–Crippen LogP) is 1.44. The second-order valence-corrected chi connectivity index (χ2v) is 4.63. The van der Waals surface area contributed by atoms with Gasteiger partial charge in [0.25, 0.3) is 0 Å². The van der Waals surface area contributed by atoms with Gasteiger partial charge in [0.15, 0.2) is 0 Å². The van der Waals surface area contributed by atoms with Gasteiger partial charge in [-0.15, -0.1) is 0 Å². The molecule has 0 saturated heterocycles. The van der Waals surface area contributed by atoms with Gasteiger partial charge in [-0.25, -0.2) is 0 Å². The molecule has 0 spiro atoms. The zero-order chi connectivity index (χ0) is 13.8. The summed E-state index contributed by atoms with van der Waals surface area (Å²) >= 11 is 0. The van der Waals surface area contributed by atoms with Crippen LogP contribution in [0.4, 0.5) is 5.69 Å². The van der Waals surface area contributed by atoms with Crippen LogP contribution in [-0.4, -0.2) is 42.8 Å². The van der Waals surface area contributed by atoms with Gasteiger partial charge in [0.2, 0.25) is 0 Å². The van der Waals surface area contributed by atoms with Crippen LogP contribution in [0.15, 0.2) is 36.4 Å². The zero-order valence-corrected chi connectivity index (χ0v) is 10.8. The summed E-state index contributed by atoms with van der Waals surface area (Å²) < 4.78 is 0. The molecule has 19 heavy (non-hydrogen) atoms. The fourth-order valence-electron chi connectivity index (χ4n) is 2.04. The summed E-state index contributed by atoms with van der Waals surface area (Å²) in [5.74, 6) is 0. The molecule has 2 rings (SSSR count). The number of aliphatic hydroxyl groups excluding tert-OH is 2. The molecule has 0 heterocycles. The van der Waals surface area contributed by atoms with Gasteiger partial charge >= 0.3 is 0 Å². The highest BCUT2D eigenvalue weighted by Gasteiger charge is 2.08. The van der Waals surface area contributed by atoms with Crippen molar-refractivity contribution in [2.24, 2.45) is 0 Å². The smallest absolute Gasteiger partial charge is 0.150 e. The van der Waals surface area contributed by atoms with Gasteiger partial charge in [0.1, 0.15) is 6.29 Å². The monoisotopic (exact) mass is 259 g/mol. The van der Waals surface area contributed by atoms with E-state index in [2.05, 4.69) is 0 Å². The van der Waals surface area contributed by atoms with Gasteiger partial charge in [-0.2, -0.15) is 0 Å². The van der Waals surface area contributed by atoms with Gasteiger partial charge in [0, 0.05) is 24.8 Å². The first kappa shape index (κ1) is 13.5. The van der Waals surface area contributed by atoms with Crippen molar-refractivity contribution in [2.75, 3.05) is 25.1 Å². The number of fused-ring (bicyclic) bond motifs is 1. The van der Waals surface area contributed by atoms with Gasteiger partial charge < -0.3 is 15.1 Å². The first-order valence-corrected chi connectivity index (χ1v) is 6.13. The number of aliphatic hydroxyl groups is 2. The second kappa shape index (κ2) is 5.82. The molecular weight excluding hydrogens is 242 g/mol. The second-order valence-electron chi connectivity index (χ2n) is 4.63. The molecule has 1 atom stereocenters. The van der Waals surface area contributed by atoms with Crippen molar-refractivity contribution in [2.45, 2.75) is 6.10 Å². The molecule has 0 amide bonds. The molecule has 4 nitrogen and oxygen atoms in total. The molecule has 0 fully saturated rings. The molecule has 1 unspecified atom stereocenters. The van der Waals surface area contributed by atoms with Crippen molar-refractivity contribution in [1.29, 1.82) is 0 Å². The number of anilines is 1. The van der Waals surface area contributed by atoms with Crippen LogP contribution < -0.4 is 4.90 Å². The first-order chi connectivity index (χ1) is 9.13. The number of hydrogen-bond donors (Lipinski definition) is 2. The summed E-state index contributed by atoms with van der Waals surface area (Å²) in [4.78, 5) is 12.6. The Bertz CT molecular complexity index is 583. The highest BCUT2D eigenvalue weighted by Crippen LogP contribution is 2.22. The molecule has 0 aliphatic heterocycles. The van der Waals surface area contributed by atoms with Gasteiger partial charge in [-0.3, -0.25) is 4.79 Å². The quantitative estimate of drug-likeness (QED) is 0.798. The standard InChI is InChI=1S/C15H17NO3/c1-16(8-15(19)10-18)14-5-4-12-6-11(9-17)2-3-13(12)7-14/h2-7,9,15,18-19H,8,10H2,1H3. The van der Waals surface area contributed by atoms with E-state index in [4.69, 9.17) is 5.11 Å². The largest absolute Gasteiger partial charge is 0.394 e. The molecule has 0 aromatic heterocycles. The fourth-order valence-corrected chi connectivity index (χ4v) is 2.04. The number of rotatable bonds is 5. The molecule has 0 bridgehead atoms. The maximum atomic E-state index is 10.7. The van der Waals surface area contributed by atoms with Crippen molar-refractivity contribution < 1.29 is 15.0 Å². The van der Waals surface area contributed by atoms with Crippen LogP contribution in [0.25, 0.3) is 10.8 Å². The van der Waals surface area contributed by atoms with E-state index in [-0.39, 0.29) is 6.61 Å². The number of benzene rings is 2. The Hall–Kier alpha value is -1.91. The average Bonchev–Trinajstić information content (AvgIpc) is 2.45. The lowest BCUT2D eigenvalue weighted by atomic mass is 10.1. The SMILES string of the molecule is CN(CC(O)CO)c1ccc2cc(C=O)ccc2c1. The lowest BCUT2D eigenvalue weighted by molar-refractivity contribution is 0.101. The normalized spacial score (nSPS) is 12.4. The van der Waals surface area contributed by atoms with Gasteiger partial charge in [0.05, 0.1) is 12.7 Å². The first-order valence-electron chi connectivity index (χ1n) is 6.13. The van der Waals surface area contributed by atoms with Crippen LogP contribution >= 0.6 is 0 Å². The van der Waals surface area contributed by atoms with E-state index in [1.54, 1.807) is 6.07 Å². The summed E-state index contributed by atoms with van der Waals surface area (Å²) in [7, 11) is 1.86.